The number of hydrogen-bond acceptors (Lipinski definition) is 3. The van der Waals surface area contributed by atoms with Gasteiger partial charge >= 0.3 is 6.09 Å². The van der Waals surface area contributed by atoms with Gasteiger partial charge in [0, 0.05) is 12.6 Å². The topological polar surface area (TPSA) is 49.8 Å². The molecule has 1 N–H and O–H groups in total. The summed E-state index contributed by atoms with van der Waals surface area (Å²) in [5.41, 5.74) is -1.10. The molecule has 0 unspecified atom stereocenters. The molecule has 0 aromatic carbocycles. The number of amides is 1. The number of aliphatic hydroxyl groups is 1. The van der Waals surface area contributed by atoms with E-state index in [9.17, 15) is 9.90 Å². The lowest BCUT2D eigenvalue weighted by molar-refractivity contribution is -0.0606. The Morgan fingerprint density at radius 1 is 1.47 bits per heavy atom. The Bertz CT molecular complexity index is 322. The van der Waals surface area contributed by atoms with Crippen LogP contribution >= 0.6 is 0 Å². The van der Waals surface area contributed by atoms with Crippen LogP contribution in [0.5, 0.6) is 0 Å². The van der Waals surface area contributed by atoms with Crippen LogP contribution in [-0.2, 0) is 4.74 Å². The number of carbonyl (C=O) groups excluding carboxylic acids is 1. The molecule has 19 heavy (non-hydrogen) atoms. The molecule has 0 spiro atoms. The van der Waals surface area contributed by atoms with Crippen molar-refractivity contribution in [2.24, 2.45) is 5.92 Å². The molecule has 4 heteroatoms. The highest BCUT2D eigenvalue weighted by atomic mass is 16.6. The van der Waals surface area contributed by atoms with Crippen molar-refractivity contribution in [3.8, 4) is 0 Å². The zero-order chi connectivity index (χ0) is 14.8. The van der Waals surface area contributed by atoms with Crippen molar-refractivity contribution in [2.75, 3.05) is 6.54 Å². The largest absolute Gasteiger partial charge is 0.444 e. The summed E-state index contributed by atoms with van der Waals surface area (Å²) < 4.78 is 5.40. The van der Waals surface area contributed by atoms with Gasteiger partial charge in [-0.05, 0) is 52.9 Å². The summed E-state index contributed by atoms with van der Waals surface area (Å²) in [5, 5.41) is 10.6. The summed E-state index contributed by atoms with van der Waals surface area (Å²) in [6, 6.07) is 0.0207. The van der Waals surface area contributed by atoms with E-state index in [0.29, 0.717) is 25.3 Å². The fourth-order valence-corrected chi connectivity index (χ4v) is 2.85. The van der Waals surface area contributed by atoms with E-state index in [4.69, 9.17) is 4.74 Å². The summed E-state index contributed by atoms with van der Waals surface area (Å²) in [6.45, 7) is 12.4. The normalized spacial score (nSPS) is 28.6. The van der Waals surface area contributed by atoms with Crippen LogP contribution in [0.2, 0.25) is 0 Å². The third kappa shape index (κ3) is 5.01. The Labute approximate surface area is 117 Å². The van der Waals surface area contributed by atoms with Gasteiger partial charge in [-0.2, -0.15) is 0 Å². The fraction of sp³-hybridized carbons (Fsp3) is 0.933. The minimum Gasteiger partial charge on any atom is -0.444 e. The zero-order valence-electron chi connectivity index (χ0n) is 13.2. The fourth-order valence-electron chi connectivity index (χ4n) is 2.85. The van der Waals surface area contributed by atoms with E-state index in [2.05, 4.69) is 13.8 Å². The first-order chi connectivity index (χ1) is 8.52. The molecule has 1 saturated heterocycles. The van der Waals surface area contributed by atoms with Crippen LogP contribution < -0.4 is 0 Å². The van der Waals surface area contributed by atoms with Gasteiger partial charge in [-0.25, -0.2) is 4.79 Å². The highest BCUT2D eigenvalue weighted by Gasteiger charge is 2.39. The molecule has 1 aliphatic rings. The predicted octanol–water partition coefficient (Wildman–Crippen LogP) is 3.18. The van der Waals surface area contributed by atoms with Crippen molar-refractivity contribution in [3.63, 3.8) is 0 Å². The van der Waals surface area contributed by atoms with Gasteiger partial charge in [0.1, 0.15) is 5.60 Å². The SMILES string of the molecule is CC(C)C[C@@]1(O)CCN(C(=O)OC(C)(C)C)[C@H](C)C1. The maximum absolute atomic E-state index is 12.1. The number of ether oxygens (including phenoxy) is 1. The molecule has 1 fully saturated rings. The minimum atomic E-state index is -0.633. The third-order valence-electron chi connectivity index (χ3n) is 3.44. The van der Waals surface area contributed by atoms with Gasteiger partial charge in [-0.1, -0.05) is 13.8 Å². The molecular formula is C15H29NO3. The van der Waals surface area contributed by atoms with E-state index in [1.807, 2.05) is 27.7 Å². The highest BCUT2D eigenvalue weighted by Crippen LogP contribution is 2.32. The van der Waals surface area contributed by atoms with E-state index >= 15 is 0 Å². The number of likely N-dealkylation sites (tertiary alicyclic amines) is 1. The lowest BCUT2D eigenvalue weighted by atomic mass is 9.81. The maximum Gasteiger partial charge on any atom is 0.410 e. The monoisotopic (exact) mass is 271 g/mol. The van der Waals surface area contributed by atoms with Crippen molar-refractivity contribution >= 4 is 6.09 Å². The molecule has 2 atom stereocenters. The number of hydrogen-bond donors (Lipinski definition) is 1. The van der Waals surface area contributed by atoms with Crippen LogP contribution in [0.1, 0.15) is 60.8 Å². The van der Waals surface area contributed by atoms with Gasteiger partial charge in [0.15, 0.2) is 0 Å². The second kappa shape index (κ2) is 5.70. The van der Waals surface area contributed by atoms with Crippen LogP contribution in [0.3, 0.4) is 0 Å². The van der Waals surface area contributed by atoms with Gasteiger partial charge < -0.3 is 14.7 Å². The average Bonchev–Trinajstić information content (AvgIpc) is 2.11. The molecule has 1 rings (SSSR count). The summed E-state index contributed by atoms with van der Waals surface area (Å²) >= 11 is 0. The van der Waals surface area contributed by atoms with E-state index in [-0.39, 0.29) is 12.1 Å². The van der Waals surface area contributed by atoms with Crippen molar-refractivity contribution in [3.05, 3.63) is 0 Å². The van der Waals surface area contributed by atoms with E-state index in [0.717, 1.165) is 6.42 Å². The Morgan fingerprint density at radius 2 is 2.05 bits per heavy atom. The third-order valence-corrected chi connectivity index (χ3v) is 3.44. The molecule has 0 aliphatic carbocycles. The second-order valence-electron chi connectivity index (χ2n) is 7.30. The standard InChI is InChI=1S/C15H29NO3/c1-11(2)9-15(18)7-8-16(12(3)10-15)13(17)19-14(4,5)6/h11-12,18H,7-10H2,1-6H3/t12-,15+/m1/s1. The van der Waals surface area contributed by atoms with Crippen molar-refractivity contribution in [1.82, 2.24) is 4.90 Å². The number of piperidine rings is 1. The van der Waals surface area contributed by atoms with Gasteiger partial charge in [-0.15, -0.1) is 0 Å². The molecule has 1 amide bonds. The first-order valence-corrected chi connectivity index (χ1v) is 7.24. The Kier molecular flexibility index (Phi) is 4.88. The smallest absolute Gasteiger partial charge is 0.410 e. The van der Waals surface area contributed by atoms with Crippen LogP contribution in [0, 0.1) is 5.92 Å². The number of rotatable bonds is 2. The minimum absolute atomic E-state index is 0.0207. The molecule has 0 bridgehead atoms. The first kappa shape index (κ1) is 16.3. The zero-order valence-corrected chi connectivity index (χ0v) is 13.2. The molecular weight excluding hydrogens is 242 g/mol. The summed E-state index contributed by atoms with van der Waals surface area (Å²) in [4.78, 5) is 13.8. The Balaban J connectivity index is 2.62. The van der Waals surface area contributed by atoms with Gasteiger partial charge in [-0.3, -0.25) is 0 Å². The van der Waals surface area contributed by atoms with Gasteiger partial charge in [0.25, 0.3) is 0 Å². The average molecular weight is 271 g/mol. The lowest BCUT2D eigenvalue weighted by Gasteiger charge is -2.43. The number of carbonyl (C=O) groups is 1. The molecule has 1 aliphatic heterocycles. The predicted molar refractivity (Wildman–Crippen MR) is 76.0 cm³/mol. The molecule has 4 nitrogen and oxygen atoms in total. The molecule has 0 aromatic heterocycles. The molecule has 0 aromatic rings. The lowest BCUT2D eigenvalue weighted by Crippen LogP contribution is -2.53. The molecule has 1 heterocycles. The Morgan fingerprint density at radius 3 is 2.47 bits per heavy atom. The van der Waals surface area contributed by atoms with Crippen molar-refractivity contribution in [2.45, 2.75) is 78.0 Å². The summed E-state index contributed by atoms with van der Waals surface area (Å²) in [6.07, 6.45) is 1.78. The van der Waals surface area contributed by atoms with Gasteiger partial charge in [0.2, 0.25) is 0 Å². The molecule has 112 valence electrons. The van der Waals surface area contributed by atoms with Crippen molar-refractivity contribution in [1.29, 1.82) is 0 Å². The van der Waals surface area contributed by atoms with Crippen LogP contribution in [0.15, 0.2) is 0 Å². The summed E-state index contributed by atoms with van der Waals surface area (Å²) in [5.74, 6) is 0.463. The first-order valence-electron chi connectivity index (χ1n) is 7.24. The van der Waals surface area contributed by atoms with E-state index < -0.39 is 11.2 Å². The second-order valence-corrected chi connectivity index (χ2v) is 7.30. The molecule has 0 radical (unpaired) electrons. The van der Waals surface area contributed by atoms with Crippen LogP contribution in [0.25, 0.3) is 0 Å². The molecule has 0 saturated carbocycles. The quantitative estimate of drug-likeness (QED) is 0.839. The van der Waals surface area contributed by atoms with E-state index in [1.165, 1.54) is 0 Å². The Hall–Kier alpha value is -0.770. The van der Waals surface area contributed by atoms with E-state index in [1.54, 1.807) is 4.90 Å². The summed E-state index contributed by atoms with van der Waals surface area (Å²) in [7, 11) is 0. The maximum atomic E-state index is 12.1. The van der Waals surface area contributed by atoms with Gasteiger partial charge in [0.05, 0.1) is 5.60 Å². The number of nitrogens with zero attached hydrogens (tertiary/aromatic N) is 1. The van der Waals surface area contributed by atoms with Crippen molar-refractivity contribution < 1.29 is 14.6 Å². The van der Waals surface area contributed by atoms with Crippen LogP contribution in [-0.4, -0.2) is 39.9 Å². The van der Waals surface area contributed by atoms with Crippen LogP contribution in [0.4, 0.5) is 4.79 Å². The highest BCUT2D eigenvalue weighted by molar-refractivity contribution is 5.68.